The minimum atomic E-state index is -0.938. The average Bonchev–Trinajstić information content (AvgIpc) is 3.31. The molecule has 1 saturated heterocycles. The van der Waals surface area contributed by atoms with E-state index >= 15 is 0 Å². The molecule has 1 aromatic heterocycles. The number of aliphatic hydroxyl groups is 1. The lowest BCUT2D eigenvalue weighted by molar-refractivity contribution is -0.132. The Morgan fingerprint density at radius 2 is 1.80 bits per heavy atom. The first-order chi connectivity index (χ1) is 14.3. The molecule has 1 aliphatic heterocycles. The molecule has 0 saturated carbocycles. The molecule has 1 unspecified atom stereocenters. The molecule has 0 aliphatic carbocycles. The van der Waals surface area contributed by atoms with E-state index in [9.17, 15) is 19.1 Å². The smallest absolute Gasteiger partial charge is 0.300 e. The van der Waals surface area contributed by atoms with Crippen molar-refractivity contribution in [2.75, 3.05) is 4.90 Å². The van der Waals surface area contributed by atoms with Gasteiger partial charge in [0.15, 0.2) is 0 Å². The van der Waals surface area contributed by atoms with E-state index in [4.69, 9.17) is 4.42 Å². The minimum Gasteiger partial charge on any atom is -0.507 e. The molecule has 1 atom stereocenters. The van der Waals surface area contributed by atoms with Crippen molar-refractivity contribution in [3.05, 3.63) is 94.2 Å². The number of aliphatic hydroxyl groups excluding tert-OH is 1. The number of hydrogen-bond donors (Lipinski definition) is 1. The molecular weight excluding hydrogens is 385 g/mol. The third kappa shape index (κ3) is 3.10. The highest BCUT2D eigenvalue weighted by Crippen LogP contribution is 2.43. The summed E-state index contributed by atoms with van der Waals surface area (Å²) in [6.07, 6.45) is 1.44. The number of anilines is 1. The van der Waals surface area contributed by atoms with Gasteiger partial charge in [-0.3, -0.25) is 14.5 Å². The quantitative estimate of drug-likeness (QED) is 0.379. The Bertz CT molecular complexity index is 1190. The van der Waals surface area contributed by atoms with E-state index in [1.165, 1.54) is 29.4 Å². The standard InChI is InChI=1S/C24H20FNO4/c1-13-6-9-18(15(3)11-13)26-21(19-5-4-10-30-19)20(23(28)24(26)29)22(27)16-7-8-17(25)14(2)12-16/h4-12,21,27H,1-3H3/b22-20-. The summed E-state index contributed by atoms with van der Waals surface area (Å²) in [5.41, 5.74) is 2.86. The predicted molar refractivity (Wildman–Crippen MR) is 111 cm³/mol. The van der Waals surface area contributed by atoms with Crippen molar-refractivity contribution in [2.24, 2.45) is 0 Å². The molecule has 2 heterocycles. The summed E-state index contributed by atoms with van der Waals surface area (Å²) in [4.78, 5) is 27.4. The maximum atomic E-state index is 13.7. The van der Waals surface area contributed by atoms with Gasteiger partial charge in [-0.2, -0.15) is 0 Å². The van der Waals surface area contributed by atoms with Gasteiger partial charge < -0.3 is 9.52 Å². The zero-order valence-electron chi connectivity index (χ0n) is 16.8. The molecule has 3 aromatic rings. The fraction of sp³-hybridized carbons (Fsp3) is 0.167. The number of nitrogens with zero attached hydrogens (tertiary/aromatic N) is 1. The van der Waals surface area contributed by atoms with Crippen LogP contribution in [0.1, 0.15) is 34.1 Å². The number of Topliss-reactive ketones (excluding diaryl/α,β-unsaturated/α-hetero) is 1. The Morgan fingerprint density at radius 1 is 1.03 bits per heavy atom. The largest absolute Gasteiger partial charge is 0.507 e. The molecule has 152 valence electrons. The van der Waals surface area contributed by atoms with Crippen molar-refractivity contribution in [2.45, 2.75) is 26.8 Å². The van der Waals surface area contributed by atoms with Gasteiger partial charge in [-0.25, -0.2) is 4.39 Å². The monoisotopic (exact) mass is 405 g/mol. The number of carbonyl (C=O) groups excluding carboxylic acids is 2. The summed E-state index contributed by atoms with van der Waals surface area (Å²) in [6, 6.07) is 11.9. The van der Waals surface area contributed by atoms with Crippen LogP contribution in [-0.2, 0) is 9.59 Å². The van der Waals surface area contributed by atoms with E-state index in [0.29, 0.717) is 17.0 Å². The van der Waals surface area contributed by atoms with Gasteiger partial charge in [-0.05, 0) is 68.3 Å². The summed E-state index contributed by atoms with van der Waals surface area (Å²) in [5, 5.41) is 11.0. The van der Waals surface area contributed by atoms with Crippen LogP contribution in [-0.4, -0.2) is 16.8 Å². The first-order valence-electron chi connectivity index (χ1n) is 9.47. The van der Waals surface area contributed by atoms with E-state index in [1.807, 2.05) is 26.0 Å². The summed E-state index contributed by atoms with van der Waals surface area (Å²) >= 11 is 0. The number of furan rings is 1. The molecule has 30 heavy (non-hydrogen) atoms. The fourth-order valence-electron chi connectivity index (χ4n) is 3.82. The Kier molecular flexibility index (Phi) is 4.78. The Balaban J connectivity index is 1.95. The van der Waals surface area contributed by atoms with Crippen LogP contribution in [0.3, 0.4) is 0 Å². The van der Waals surface area contributed by atoms with Crippen LogP contribution in [0.2, 0.25) is 0 Å². The Hall–Kier alpha value is -3.67. The average molecular weight is 405 g/mol. The molecule has 1 amide bonds. The molecule has 5 nitrogen and oxygen atoms in total. The molecule has 1 fully saturated rings. The fourth-order valence-corrected chi connectivity index (χ4v) is 3.82. The van der Waals surface area contributed by atoms with Gasteiger partial charge in [-0.15, -0.1) is 0 Å². The Labute approximate surface area is 173 Å². The van der Waals surface area contributed by atoms with Gasteiger partial charge in [-0.1, -0.05) is 17.7 Å². The lowest BCUT2D eigenvalue weighted by atomic mass is 9.98. The maximum Gasteiger partial charge on any atom is 0.300 e. The molecule has 6 heteroatoms. The van der Waals surface area contributed by atoms with Crippen molar-refractivity contribution in [3.63, 3.8) is 0 Å². The third-order valence-electron chi connectivity index (χ3n) is 5.30. The zero-order chi connectivity index (χ0) is 21.6. The second-order valence-electron chi connectivity index (χ2n) is 7.44. The SMILES string of the molecule is Cc1ccc(N2C(=O)C(=O)/C(=C(\O)c3ccc(F)c(C)c3)C2c2ccco2)c(C)c1. The number of amides is 1. The highest BCUT2D eigenvalue weighted by Gasteiger charge is 2.48. The minimum absolute atomic E-state index is 0.0964. The molecule has 1 N–H and O–H groups in total. The third-order valence-corrected chi connectivity index (χ3v) is 5.30. The van der Waals surface area contributed by atoms with E-state index in [2.05, 4.69) is 0 Å². The van der Waals surface area contributed by atoms with Gasteiger partial charge >= 0.3 is 0 Å². The summed E-state index contributed by atoms with van der Waals surface area (Å²) < 4.78 is 19.2. The zero-order valence-corrected chi connectivity index (χ0v) is 16.8. The van der Waals surface area contributed by atoms with Crippen molar-refractivity contribution < 1.29 is 23.5 Å². The van der Waals surface area contributed by atoms with Crippen LogP contribution in [0.15, 0.2) is 64.8 Å². The van der Waals surface area contributed by atoms with Crippen molar-refractivity contribution in [1.29, 1.82) is 0 Å². The first kappa shape index (κ1) is 19.6. The predicted octanol–water partition coefficient (Wildman–Crippen LogP) is 4.97. The highest BCUT2D eigenvalue weighted by molar-refractivity contribution is 6.51. The van der Waals surface area contributed by atoms with Gasteiger partial charge in [0.25, 0.3) is 11.7 Å². The van der Waals surface area contributed by atoms with Crippen LogP contribution in [0, 0.1) is 26.6 Å². The number of rotatable bonds is 3. The maximum absolute atomic E-state index is 13.7. The second-order valence-corrected chi connectivity index (χ2v) is 7.44. The summed E-state index contributed by atoms with van der Waals surface area (Å²) in [7, 11) is 0. The molecule has 2 aromatic carbocycles. The van der Waals surface area contributed by atoms with Gasteiger partial charge in [0.2, 0.25) is 0 Å². The van der Waals surface area contributed by atoms with Gasteiger partial charge in [0.05, 0.1) is 11.8 Å². The van der Waals surface area contributed by atoms with Crippen molar-refractivity contribution >= 4 is 23.1 Å². The highest BCUT2D eigenvalue weighted by atomic mass is 19.1. The summed E-state index contributed by atoms with van der Waals surface area (Å²) in [6.45, 7) is 5.35. The number of hydrogen-bond acceptors (Lipinski definition) is 4. The topological polar surface area (TPSA) is 70.8 Å². The summed E-state index contributed by atoms with van der Waals surface area (Å²) in [5.74, 6) is -2.04. The second kappa shape index (κ2) is 7.30. The van der Waals surface area contributed by atoms with Gasteiger partial charge in [0, 0.05) is 11.3 Å². The van der Waals surface area contributed by atoms with Crippen LogP contribution in [0.25, 0.3) is 5.76 Å². The molecular formula is C24H20FNO4. The lowest BCUT2D eigenvalue weighted by Gasteiger charge is -2.25. The number of halogens is 1. The number of benzene rings is 2. The first-order valence-corrected chi connectivity index (χ1v) is 9.47. The van der Waals surface area contributed by atoms with E-state index in [-0.39, 0.29) is 16.9 Å². The van der Waals surface area contributed by atoms with Crippen LogP contribution >= 0.6 is 0 Å². The number of carbonyl (C=O) groups is 2. The molecule has 1 aliphatic rings. The van der Waals surface area contributed by atoms with Crippen molar-refractivity contribution in [3.8, 4) is 0 Å². The molecule has 4 rings (SSSR count). The Morgan fingerprint density at radius 3 is 2.43 bits per heavy atom. The lowest BCUT2D eigenvalue weighted by Crippen LogP contribution is -2.30. The van der Waals surface area contributed by atoms with Crippen LogP contribution in [0.4, 0.5) is 10.1 Å². The van der Waals surface area contributed by atoms with Gasteiger partial charge in [0.1, 0.15) is 23.4 Å². The number of ketones is 1. The van der Waals surface area contributed by atoms with Crippen LogP contribution < -0.4 is 4.90 Å². The number of aryl methyl sites for hydroxylation is 3. The molecule has 0 bridgehead atoms. The van der Waals surface area contributed by atoms with E-state index < -0.39 is 23.5 Å². The normalized spacial score (nSPS) is 18.3. The molecule has 0 spiro atoms. The molecule has 0 radical (unpaired) electrons. The van der Waals surface area contributed by atoms with E-state index in [0.717, 1.165) is 11.1 Å². The van der Waals surface area contributed by atoms with Crippen molar-refractivity contribution in [1.82, 2.24) is 0 Å². The van der Waals surface area contributed by atoms with E-state index in [1.54, 1.807) is 25.1 Å². The van der Waals surface area contributed by atoms with Crippen LogP contribution in [0.5, 0.6) is 0 Å².